The zero-order valence-electron chi connectivity index (χ0n) is 9.58. The summed E-state index contributed by atoms with van der Waals surface area (Å²) in [6.45, 7) is 4.07. The van der Waals surface area contributed by atoms with Crippen LogP contribution in [0.25, 0.3) is 0 Å². The lowest BCUT2D eigenvalue weighted by Gasteiger charge is -2.18. The molecule has 2 N–H and O–H groups in total. The number of rotatable bonds is 3. The topological polar surface area (TPSA) is 26.0 Å². The van der Waals surface area contributed by atoms with Crippen molar-refractivity contribution < 1.29 is 8.78 Å². The van der Waals surface area contributed by atoms with E-state index in [9.17, 15) is 8.78 Å². The Kier molecular flexibility index (Phi) is 2.54. The lowest BCUT2D eigenvalue weighted by Crippen LogP contribution is -2.20. The van der Waals surface area contributed by atoms with Crippen LogP contribution in [-0.2, 0) is 5.92 Å². The third kappa shape index (κ3) is 1.54. The molecule has 0 spiro atoms. The Balaban J connectivity index is 2.28. The Bertz CT molecular complexity index is 373. The molecule has 0 aliphatic heterocycles. The summed E-state index contributed by atoms with van der Waals surface area (Å²) in [6, 6.07) is 8.02. The van der Waals surface area contributed by atoms with Gasteiger partial charge in [0, 0.05) is 11.5 Å². The summed E-state index contributed by atoms with van der Waals surface area (Å²) >= 11 is 0. The van der Waals surface area contributed by atoms with Gasteiger partial charge in [-0.2, -0.15) is 0 Å². The standard InChI is InChI=1S/C13H17F2N/c1-12(2)10(8-16)11(12)13(14,15)9-6-4-3-5-7-9/h3-7,10-11H,8,16H2,1-2H3/t10-,11-/m0/s1. The van der Waals surface area contributed by atoms with Crippen LogP contribution in [0.2, 0.25) is 0 Å². The van der Waals surface area contributed by atoms with Gasteiger partial charge >= 0.3 is 0 Å². The molecule has 16 heavy (non-hydrogen) atoms. The SMILES string of the molecule is CC1(C)[C@@H](C(F)(F)c2ccccc2)[C@@H]1CN. The minimum Gasteiger partial charge on any atom is -0.330 e. The molecule has 88 valence electrons. The molecule has 0 amide bonds. The molecule has 1 nitrogen and oxygen atoms in total. The highest BCUT2D eigenvalue weighted by atomic mass is 19.3. The molecule has 2 atom stereocenters. The van der Waals surface area contributed by atoms with E-state index in [-0.39, 0.29) is 16.9 Å². The van der Waals surface area contributed by atoms with Crippen molar-refractivity contribution in [3.63, 3.8) is 0 Å². The average Bonchev–Trinajstić information content (AvgIpc) is 2.82. The smallest absolute Gasteiger partial charge is 0.276 e. The second-order valence-electron chi connectivity index (χ2n) is 5.13. The first-order chi connectivity index (χ1) is 7.42. The van der Waals surface area contributed by atoms with Crippen molar-refractivity contribution in [1.82, 2.24) is 0 Å². The molecule has 3 heteroatoms. The number of alkyl halides is 2. The molecule has 1 fully saturated rings. The molecule has 0 heterocycles. The Morgan fingerprint density at radius 1 is 1.25 bits per heavy atom. The Morgan fingerprint density at radius 3 is 2.25 bits per heavy atom. The van der Waals surface area contributed by atoms with E-state index < -0.39 is 11.8 Å². The van der Waals surface area contributed by atoms with Crippen LogP contribution in [0.15, 0.2) is 30.3 Å². The van der Waals surface area contributed by atoms with Crippen molar-refractivity contribution in [3.05, 3.63) is 35.9 Å². The second-order valence-corrected chi connectivity index (χ2v) is 5.13. The second kappa shape index (κ2) is 3.52. The minimum atomic E-state index is -2.77. The van der Waals surface area contributed by atoms with Gasteiger partial charge in [0.15, 0.2) is 0 Å². The Hall–Kier alpha value is -0.960. The predicted molar refractivity (Wildman–Crippen MR) is 60.2 cm³/mol. The normalized spacial score (nSPS) is 27.8. The fourth-order valence-electron chi connectivity index (χ4n) is 2.74. The number of hydrogen-bond acceptors (Lipinski definition) is 1. The number of nitrogens with two attached hydrogens (primary N) is 1. The zero-order chi connectivity index (χ0) is 12.0. The van der Waals surface area contributed by atoms with Gasteiger partial charge in [-0.3, -0.25) is 0 Å². The molecule has 0 radical (unpaired) electrons. The van der Waals surface area contributed by atoms with Crippen molar-refractivity contribution in [2.24, 2.45) is 23.0 Å². The lowest BCUT2D eigenvalue weighted by molar-refractivity contribution is -0.0424. The monoisotopic (exact) mass is 225 g/mol. The summed E-state index contributed by atoms with van der Waals surface area (Å²) in [5, 5.41) is 0. The summed E-state index contributed by atoms with van der Waals surface area (Å²) in [7, 11) is 0. The molecular weight excluding hydrogens is 208 g/mol. The predicted octanol–water partition coefficient (Wildman–Crippen LogP) is 3.01. The van der Waals surface area contributed by atoms with E-state index >= 15 is 0 Å². The molecule has 2 rings (SSSR count). The van der Waals surface area contributed by atoms with Crippen LogP contribution in [0.3, 0.4) is 0 Å². The summed E-state index contributed by atoms with van der Waals surface area (Å²) < 4.78 is 28.4. The Labute approximate surface area is 94.7 Å². The maximum absolute atomic E-state index is 14.2. The number of hydrogen-bond donors (Lipinski definition) is 1. The van der Waals surface area contributed by atoms with Crippen LogP contribution < -0.4 is 5.73 Å². The van der Waals surface area contributed by atoms with Gasteiger partial charge in [0.25, 0.3) is 5.92 Å². The summed E-state index contributed by atoms with van der Waals surface area (Å²) in [5.41, 5.74) is 5.29. The van der Waals surface area contributed by atoms with E-state index in [4.69, 9.17) is 5.73 Å². The van der Waals surface area contributed by atoms with Gasteiger partial charge in [-0.05, 0) is 17.9 Å². The third-order valence-corrected chi connectivity index (χ3v) is 3.85. The van der Waals surface area contributed by atoms with Crippen molar-refractivity contribution in [3.8, 4) is 0 Å². The van der Waals surface area contributed by atoms with Gasteiger partial charge < -0.3 is 5.73 Å². The average molecular weight is 225 g/mol. The van der Waals surface area contributed by atoms with E-state index in [1.165, 1.54) is 12.1 Å². The van der Waals surface area contributed by atoms with Crippen LogP contribution in [0, 0.1) is 17.3 Å². The first kappa shape index (κ1) is 11.5. The number of halogens is 2. The van der Waals surface area contributed by atoms with Crippen molar-refractivity contribution in [1.29, 1.82) is 0 Å². The van der Waals surface area contributed by atoms with Crippen LogP contribution in [-0.4, -0.2) is 6.54 Å². The first-order valence-corrected chi connectivity index (χ1v) is 5.55. The molecule has 1 aliphatic carbocycles. The lowest BCUT2D eigenvalue weighted by atomic mass is 9.99. The van der Waals surface area contributed by atoms with Gasteiger partial charge in [-0.25, -0.2) is 8.78 Å². The summed E-state index contributed by atoms with van der Waals surface area (Å²) in [6.07, 6.45) is 0. The van der Waals surface area contributed by atoms with Crippen molar-refractivity contribution >= 4 is 0 Å². The van der Waals surface area contributed by atoms with E-state index in [1.54, 1.807) is 18.2 Å². The zero-order valence-corrected chi connectivity index (χ0v) is 9.58. The molecular formula is C13H17F2N. The largest absolute Gasteiger partial charge is 0.330 e. The van der Waals surface area contributed by atoms with E-state index in [0.29, 0.717) is 6.54 Å². The molecule has 1 aromatic carbocycles. The maximum Gasteiger partial charge on any atom is 0.276 e. The van der Waals surface area contributed by atoms with Gasteiger partial charge in [0.05, 0.1) is 0 Å². The molecule has 0 aromatic heterocycles. The molecule has 0 unspecified atom stereocenters. The van der Waals surface area contributed by atoms with Crippen LogP contribution in [0.4, 0.5) is 8.78 Å². The van der Waals surface area contributed by atoms with Crippen molar-refractivity contribution in [2.75, 3.05) is 6.54 Å². The minimum absolute atomic E-state index is 0.0808. The maximum atomic E-state index is 14.2. The fourth-order valence-corrected chi connectivity index (χ4v) is 2.74. The highest BCUT2D eigenvalue weighted by Crippen LogP contribution is 2.66. The summed E-state index contributed by atoms with van der Waals surface area (Å²) in [4.78, 5) is 0. The highest BCUT2D eigenvalue weighted by Gasteiger charge is 2.68. The molecule has 1 saturated carbocycles. The molecule has 1 aromatic rings. The van der Waals surface area contributed by atoms with Gasteiger partial charge in [0.1, 0.15) is 0 Å². The van der Waals surface area contributed by atoms with Crippen LogP contribution in [0.1, 0.15) is 19.4 Å². The van der Waals surface area contributed by atoms with E-state index in [2.05, 4.69) is 0 Å². The quantitative estimate of drug-likeness (QED) is 0.840. The van der Waals surface area contributed by atoms with Crippen LogP contribution >= 0.6 is 0 Å². The third-order valence-electron chi connectivity index (χ3n) is 3.85. The molecule has 0 bridgehead atoms. The van der Waals surface area contributed by atoms with Gasteiger partial charge in [-0.15, -0.1) is 0 Å². The van der Waals surface area contributed by atoms with Gasteiger partial charge in [0.2, 0.25) is 0 Å². The highest BCUT2D eigenvalue weighted by molar-refractivity contribution is 5.26. The Morgan fingerprint density at radius 2 is 1.81 bits per heavy atom. The van der Waals surface area contributed by atoms with Crippen LogP contribution in [0.5, 0.6) is 0 Å². The van der Waals surface area contributed by atoms with Gasteiger partial charge in [-0.1, -0.05) is 44.2 Å². The van der Waals surface area contributed by atoms with E-state index in [1.807, 2.05) is 13.8 Å². The number of benzene rings is 1. The van der Waals surface area contributed by atoms with E-state index in [0.717, 1.165) is 0 Å². The first-order valence-electron chi connectivity index (χ1n) is 5.55. The van der Waals surface area contributed by atoms with Crippen molar-refractivity contribution in [2.45, 2.75) is 19.8 Å². The fraction of sp³-hybridized carbons (Fsp3) is 0.538. The molecule has 1 aliphatic rings. The molecule has 0 saturated heterocycles. The summed E-state index contributed by atoms with van der Waals surface area (Å²) in [5.74, 6) is -3.48.